The van der Waals surface area contributed by atoms with Crippen molar-refractivity contribution in [3.63, 3.8) is 0 Å². The number of hydrogen-bond donors (Lipinski definition) is 2. The molecular formula is C16H25N3O. The second-order valence-electron chi connectivity index (χ2n) is 5.80. The molecule has 2 aliphatic rings. The normalized spacial score (nSPS) is 18.2. The number of anilines is 1. The molecule has 1 aromatic heterocycles. The molecule has 0 amide bonds. The van der Waals surface area contributed by atoms with Crippen molar-refractivity contribution < 1.29 is 4.74 Å². The fraction of sp³-hybridized carbons (Fsp3) is 0.688. The van der Waals surface area contributed by atoms with E-state index in [9.17, 15) is 0 Å². The molecule has 0 unspecified atom stereocenters. The van der Waals surface area contributed by atoms with Gasteiger partial charge in [-0.05, 0) is 43.7 Å². The monoisotopic (exact) mass is 275 g/mol. The van der Waals surface area contributed by atoms with E-state index in [1.807, 2.05) is 0 Å². The standard InChI is InChI=1S/C16H25N3O/c1(3-10-20-15-11-17-12-15)2-6-14-8-7-13-5-4-9-18-16(13)19-14/h7-8,15,17H,1-6,9-12H2,(H,18,19). The maximum atomic E-state index is 5.72. The first-order chi connectivity index (χ1) is 9.92. The van der Waals surface area contributed by atoms with Gasteiger partial charge in [0.2, 0.25) is 0 Å². The third-order valence-corrected chi connectivity index (χ3v) is 4.13. The molecule has 4 heteroatoms. The third kappa shape index (κ3) is 3.70. The van der Waals surface area contributed by atoms with Crippen molar-refractivity contribution in [1.29, 1.82) is 0 Å². The molecule has 2 aliphatic heterocycles. The van der Waals surface area contributed by atoms with E-state index < -0.39 is 0 Å². The molecule has 1 aromatic rings. The quantitative estimate of drug-likeness (QED) is 0.749. The van der Waals surface area contributed by atoms with Crippen LogP contribution >= 0.6 is 0 Å². The zero-order valence-corrected chi connectivity index (χ0v) is 12.2. The van der Waals surface area contributed by atoms with Crippen molar-refractivity contribution in [2.45, 2.75) is 44.6 Å². The number of rotatable bonds is 7. The summed E-state index contributed by atoms with van der Waals surface area (Å²) in [4.78, 5) is 4.73. The molecule has 0 spiro atoms. The van der Waals surface area contributed by atoms with E-state index in [4.69, 9.17) is 9.72 Å². The Bertz CT molecular complexity index is 432. The molecule has 0 bridgehead atoms. The lowest BCUT2D eigenvalue weighted by atomic mass is 10.1. The van der Waals surface area contributed by atoms with Gasteiger partial charge in [-0.25, -0.2) is 4.98 Å². The van der Waals surface area contributed by atoms with Gasteiger partial charge in [0.05, 0.1) is 6.10 Å². The van der Waals surface area contributed by atoms with Crippen molar-refractivity contribution in [1.82, 2.24) is 10.3 Å². The van der Waals surface area contributed by atoms with Gasteiger partial charge in [-0.3, -0.25) is 0 Å². The highest BCUT2D eigenvalue weighted by atomic mass is 16.5. The van der Waals surface area contributed by atoms with Crippen molar-refractivity contribution in [3.8, 4) is 0 Å². The number of nitrogens with one attached hydrogen (secondary N) is 2. The minimum atomic E-state index is 0.475. The third-order valence-electron chi connectivity index (χ3n) is 4.13. The molecule has 0 atom stereocenters. The largest absolute Gasteiger partial charge is 0.376 e. The summed E-state index contributed by atoms with van der Waals surface area (Å²) in [5, 5.41) is 6.62. The molecule has 4 nitrogen and oxygen atoms in total. The molecule has 3 heterocycles. The van der Waals surface area contributed by atoms with E-state index in [1.165, 1.54) is 43.4 Å². The second kappa shape index (κ2) is 7.04. The Labute approximate surface area is 121 Å². The van der Waals surface area contributed by atoms with E-state index in [0.29, 0.717) is 6.10 Å². The number of nitrogens with zero attached hydrogens (tertiary/aromatic N) is 1. The molecule has 110 valence electrons. The van der Waals surface area contributed by atoms with Crippen LogP contribution in [0.2, 0.25) is 0 Å². The molecular weight excluding hydrogens is 250 g/mol. The molecule has 0 aliphatic carbocycles. The molecule has 0 saturated carbocycles. The molecule has 20 heavy (non-hydrogen) atoms. The Morgan fingerprint density at radius 2 is 2.15 bits per heavy atom. The molecule has 0 aromatic carbocycles. The van der Waals surface area contributed by atoms with Gasteiger partial charge in [-0.1, -0.05) is 12.5 Å². The van der Waals surface area contributed by atoms with Gasteiger partial charge in [0.1, 0.15) is 5.82 Å². The summed E-state index contributed by atoms with van der Waals surface area (Å²) in [5.41, 5.74) is 2.60. The summed E-state index contributed by atoms with van der Waals surface area (Å²) in [5.74, 6) is 1.12. The molecule has 3 rings (SSSR count). The smallest absolute Gasteiger partial charge is 0.129 e. The van der Waals surface area contributed by atoms with Gasteiger partial charge in [0, 0.05) is 31.9 Å². The molecule has 2 N–H and O–H groups in total. The van der Waals surface area contributed by atoms with Gasteiger partial charge < -0.3 is 15.4 Å². The number of pyridine rings is 1. The minimum Gasteiger partial charge on any atom is -0.376 e. The summed E-state index contributed by atoms with van der Waals surface area (Å²) < 4.78 is 5.72. The zero-order valence-electron chi connectivity index (χ0n) is 12.2. The Morgan fingerprint density at radius 3 is 3.00 bits per heavy atom. The fourth-order valence-electron chi connectivity index (χ4n) is 2.72. The number of fused-ring (bicyclic) bond motifs is 1. The van der Waals surface area contributed by atoms with E-state index in [2.05, 4.69) is 22.8 Å². The topological polar surface area (TPSA) is 46.2 Å². The van der Waals surface area contributed by atoms with Gasteiger partial charge >= 0.3 is 0 Å². The Morgan fingerprint density at radius 1 is 1.20 bits per heavy atom. The van der Waals surface area contributed by atoms with Crippen LogP contribution in [0.25, 0.3) is 0 Å². The Hall–Kier alpha value is -1.13. The highest BCUT2D eigenvalue weighted by Crippen LogP contribution is 2.20. The van der Waals surface area contributed by atoms with Gasteiger partial charge in [0.15, 0.2) is 0 Å². The average Bonchev–Trinajstić information content (AvgIpc) is 2.44. The van der Waals surface area contributed by atoms with Crippen LogP contribution in [0.5, 0.6) is 0 Å². The predicted molar refractivity (Wildman–Crippen MR) is 81.2 cm³/mol. The van der Waals surface area contributed by atoms with E-state index in [0.717, 1.165) is 38.5 Å². The lowest BCUT2D eigenvalue weighted by Crippen LogP contribution is -2.48. The minimum absolute atomic E-state index is 0.475. The van der Waals surface area contributed by atoms with Crippen LogP contribution in [0.1, 0.15) is 36.9 Å². The van der Waals surface area contributed by atoms with Crippen LogP contribution in [-0.2, 0) is 17.6 Å². The predicted octanol–water partition coefficient (Wildman–Crippen LogP) is 2.14. The average molecular weight is 275 g/mol. The highest BCUT2D eigenvalue weighted by molar-refractivity contribution is 5.46. The summed E-state index contributed by atoms with van der Waals surface area (Å²) in [7, 11) is 0. The van der Waals surface area contributed by atoms with Crippen LogP contribution in [0.4, 0.5) is 5.82 Å². The van der Waals surface area contributed by atoms with Gasteiger partial charge in [-0.2, -0.15) is 0 Å². The van der Waals surface area contributed by atoms with Crippen LogP contribution in [0.15, 0.2) is 12.1 Å². The maximum Gasteiger partial charge on any atom is 0.129 e. The van der Waals surface area contributed by atoms with Crippen LogP contribution in [0, 0.1) is 0 Å². The van der Waals surface area contributed by atoms with Crippen LogP contribution in [0.3, 0.4) is 0 Å². The lowest BCUT2D eigenvalue weighted by molar-refractivity contribution is 0.0170. The van der Waals surface area contributed by atoms with Gasteiger partial charge in [0.25, 0.3) is 0 Å². The first kappa shape index (κ1) is 13.8. The zero-order chi connectivity index (χ0) is 13.6. The fourth-order valence-corrected chi connectivity index (χ4v) is 2.72. The van der Waals surface area contributed by atoms with Crippen molar-refractivity contribution >= 4 is 5.82 Å². The molecule has 1 saturated heterocycles. The Kier molecular flexibility index (Phi) is 4.87. The van der Waals surface area contributed by atoms with Crippen molar-refractivity contribution in [2.75, 3.05) is 31.6 Å². The maximum absolute atomic E-state index is 5.72. The van der Waals surface area contributed by atoms with Crippen LogP contribution in [-0.4, -0.2) is 37.3 Å². The highest BCUT2D eigenvalue weighted by Gasteiger charge is 2.16. The first-order valence-corrected chi connectivity index (χ1v) is 7.97. The Balaban J connectivity index is 1.33. The second-order valence-corrected chi connectivity index (χ2v) is 5.80. The van der Waals surface area contributed by atoms with E-state index in [-0.39, 0.29) is 0 Å². The summed E-state index contributed by atoms with van der Waals surface area (Å²) in [6.45, 7) is 4.04. The summed E-state index contributed by atoms with van der Waals surface area (Å²) >= 11 is 0. The summed E-state index contributed by atoms with van der Waals surface area (Å²) in [6, 6.07) is 4.44. The van der Waals surface area contributed by atoms with E-state index >= 15 is 0 Å². The van der Waals surface area contributed by atoms with E-state index in [1.54, 1.807) is 0 Å². The lowest BCUT2D eigenvalue weighted by Gasteiger charge is -2.27. The van der Waals surface area contributed by atoms with Crippen LogP contribution < -0.4 is 10.6 Å². The number of ether oxygens (including phenoxy) is 1. The first-order valence-electron chi connectivity index (χ1n) is 7.97. The molecule has 1 fully saturated rings. The number of aromatic nitrogens is 1. The van der Waals surface area contributed by atoms with Crippen molar-refractivity contribution in [2.24, 2.45) is 0 Å². The number of aryl methyl sites for hydroxylation is 2. The SMILES string of the molecule is c1cc2c(nc1CCCCCOC1CNC1)NCCC2. The number of hydrogen-bond acceptors (Lipinski definition) is 4. The number of unbranched alkanes of at least 4 members (excludes halogenated alkanes) is 2. The molecule has 0 radical (unpaired) electrons. The van der Waals surface area contributed by atoms with Gasteiger partial charge in [-0.15, -0.1) is 0 Å². The van der Waals surface area contributed by atoms with Crippen molar-refractivity contribution in [3.05, 3.63) is 23.4 Å². The summed E-state index contributed by atoms with van der Waals surface area (Å²) in [6.07, 6.45) is 7.56.